The Morgan fingerprint density at radius 1 is 1.00 bits per heavy atom. The number of benzene rings is 2. The summed E-state index contributed by atoms with van der Waals surface area (Å²) in [5.41, 5.74) is 4.41. The Kier molecular flexibility index (Phi) is 3.63. The van der Waals surface area contributed by atoms with Gasteiger partial charge in [0.2, 0.25) is 0 Å². The maximum atomic E-state index is 12.9. The second-order valence-electron chi connectivity index (χ2n) is 5.53. The molecule has 22 heavy (non-hydrogen) atoms. The van der Waals surface area contributed by atoms with Crippen LogP contribution in [0.4, 0.5) is 5.69 Å². The van der Waals surface area contributed by atoms with Gasteiger partial charge in [-0.2, -0.15) is 0 Å². The van der Waals surface area contributed by atoms with E-state index in [1.165, 1.54) is 0 Å². The van der Waals surface area contributed by atoms with Crippen LogP contribution in [0.15, 0.2) is 54.6 Å². The van der Waals surface area contributed by atoms with E-state index < -0.39 is 0 Å². The highest BCUT2D eigenvalue weighted by atomic mass is 16.2. The standard InChI is InChI=1S/C19H18N2O/c1-13-7-6-8-15(11-13)21(3)19(22)17-12-14(2)20-18-10-5-4-9-16(17)18/h4-12H,1-3H3. The van der Waals surface area contributed by atoms with Gasteiger partial charge in [-0.15, -0.1) is 0 Å². The average molecular weight is 290 g/mol. The Bertz CT molecular complexity index is 855. The Hall–Kier alpha value is -2.68. The molecule has 0 bridgehead atoms. The van der Waals surface area contributed by atoms with Crippen LogP contribution in [0, 0.1) is 13.8 Å². The summed E-state index contributed by atoms with van der Waals surface area (Å²) < 4.78 is 0. The Morgan fingerprint density at radius 3 is 2.55 bits per heavy atom. The first-order valence-corrected chi connectivity index (χ1v) is 7.27. The molecular weight excluding hydrogens is 272 g/mol. The zero-order valence-corrected chi connectivity index (χ0v) is 13.0. The van der Waals surface area contributed by atoms with E-state index in [9.17, 15) is 4.79 Å². The summed E-state index contributed by atoms with van der Waals surface area (Å²) in [5.74, 6) is -0.0210. The predicted octanol–water partition coefficient (Wildman–Crippen LogP) is 4.13. The summed E-state index contributed by atoms with van der Waals surface area (Å²) >= 11 is 0. The van der Waals surface area contributed by atoms with Crippen molar-refractivity contribution in [3.63, 3.8) is 0 Å². The van der Waals surface area contributed by atoms with Gasteiger partial charge in [0.25, 0.3) is 5.91 Å². The predicted molar refractivity (Wildman–Crippen MR) is 90.4 cm³/mol. The van der Waals surface area contributed by atoms with Crippen molar-refractivity contribution in [2.75, 3.05) is 11.9 Å². The van der Waals surface area contributed by atoms with Gasteiger partial charge in [0.1, 0.15) is 0 Å². The van der Waals surface area contributed by atoms with Crippen LogP contribution in [-0.4, -0.2) is 17.9 Å². The number of hydrogen-bond acceptors (Lipinski definition) is 2. The normalized spacial score (nSPS) is 10.7. The highest BCUT2D eigenvalue weighted by Gasteiger charge is 2.17. The fourth-order valence-corrected chi connectivity index (χ4v) is 2.62. The number of hydrogen-bond donors (Lipinski definition) is 0. The number of carbonyl (C=O) groups excluding carboxylic acids is 1. The minimum atomic E-state index is -0.0210. The molecule has 1 aromatic heterocycles. The molecule has 0 N–H and O–H groups in total. The van der Waals surface area contributed by atoms with Crippen molar-refractivity contribution in [2.45, 2.75) is 13.8 Å². The lowest BCUT2D eigenvalue weighted by atomic mass is 10.1. The molecule has 0 aliphatic carbocycles. The highest BCUT2D eigenvalue weighted by Crippen LogP contribution is 2.22. The lowest BCUT2D eigenvalue weighted by Gasteiger charge is -2.19. The molecule has 0 saturated carbocycles. The SMILES string of the molecule is Cc1cccc(N(C)C(=O)c2cc(C)nc3ccccc23)c1. The van der Waals surface area contributed by atoms with Crippen molar-refractivity contribution in [1.29, 1.82) is 0 Å². The van der Waals surface area contributed by atoms with Gasteiger partial charge in [0, 0.05) is 23.8 Å². The molecule has 2 aromatic carbocycles. The number of pyridine rings is 1. The molecule has 3 aromatic rings. The molecule has 0 aliphatic rings. The van der Waals surface area contributed by atoms with E-state index in [0.29, 0.717) is 5.56 Å². The molecule has 3 heteroatoms. The van der Waals surface area contributed by atoms with E-state index in [2.05, 4.69) is 4.98 Å². The van der Waals surface area contributed by atoms with Crippen LogP contribution < -0.4 is 4.90 Å². The van der Waals surface area contributed by atoms with Crippen LogP contribution >= 0.6 is 0 Å². The van der Waals surface area contributed by atoms with Gasteiger partial charge in [0.05, 0.1) is 11.1 Å². The molecule has 0 fully saturated rings. The Balaban J connectivity index is 2.09. The summed E-state index contributed by atoms with van der Waals surface area (Å²) in [6.07, 6.45) is 0. The molecule has 0 radical (unpaired) electrons. The van der Waals surface area contributed by atoms with E-state index in [1.807, 2.05) is 75.5 Å². The van der Waals surface area contributed by atoms with Gasteiger partial charge >= 0.3 is 0 Å². The number of aromatic nitrogens is 1. The lowest BCUT2D eigenvalue weighted by Crippen LogP contribution is -2.26. The zero-order valence-electron chi connectivity index (χ0n) is 13.0. The van der Waals surface area contributed by atoms with Gasteiger partial charge in [-0.1, -0.05) is 30.3 Å². The zero-order chi connectivity index (χ0) is 15.7. The van der Waals surface area contributed by atoms with E-state index >= 15 is 0 Å². The smallest absolute Gasteiger partial charge is 0.258 e. The second kappa shape index (κ2) is 5.60. The molecule has 0 saturated heterocycles. The number of anilines is 1. The van der Waals surface area contributed by atoms with Crippen LogP contribution in [0.3, 0.4) is 0 Å². The fraction of sp³-hybridized carbons (Fsp3) is 0.158. The van der Waals surface area contributed by atoms with Crippen molar-refractivity contribution in [3.05, 3.63) is 71.4 Å². The molecule has 3 nitrogen and oxygen atoms in total. The highest BCUT2D eigenvalue weighted by molar-refractivity contribution is 6.13. The topological polar surface area (TPSA) is 33.2 Å². The molecule has 3 rings (SSSR count). The van der Waals surface area contributed by atoms with Crippen molar-refractivity contribution >= 4 is 22.5 Å². The molecule has 0 atom stereocenters. The molecule has 1 heterocycles. The summed E-state index contributed by atoms with van der Waals surface area (Å²) in [6, 6.07) is 17.5. The van der Waals surface area contributed by atoms with Gasteiger partial charge in [-0.25, -0.2) is 0 Å². The third kappa shape index (κ3) is 2.58. The van der Waals surface area contributed by atoms with Crippen molar-refractivity contribution in [1.82, 2.24) is 4.98 Å². The van der Waals surface area contributed by atoms with Crippen LogP contribution in [0.25, 0.3) is 10.9 Å². The van der Waals surface area contributed by atoms with E-state index in [1.54, 1.807) is 4.90 Å². The molecule has 1 amide bonds. The molecule has 0 spiro atoms. The van der Waals surface area contributed by atoms with Gasteiger partial charge in [-0.05, 0) is 43.7 Å². The molecule has 0 unspecified atom stereocenters. The number of nitrogens with zero attached hydrogens (tertiary/aromatic N) is 2. The lowest BCUT2D eigenvalue weighted by molar-refractivity contribution is 0.0994. The molecular formula is C19H18N2O. The van der Waals surface area contributed by atoms with Crippen molar-refractivity contribution in [2.24, 2.45) is 0 Å². The van der Waals surface area contributed by atoms with Crippen LogP contribution in [0.2, 0.25) is 0 Å². The average Bonchev–Trinajstić information content (AvgIpc) is 2.52. The fourth-order valence-electron chi connectivity index (χ4n) is 2.62. The monoisotopic (exact) mass is 290 g/mol. The summed E-state index contributed by atoms with van der Waals surface area (Å²) in [6.45, 7) is 3.93. The van der Waals surface area contributed by atoms with Crippen LogP contribution in [0.1, 0.15) is 21.6 Å². The summed E-state index contributed by atoms with van der Waals surface area (Å²) in [7, 11) is 1.81. The van der Waals surface area contributed by atoms with E-state index in [-0.39, 0.29) is 5.91 Å². The first-order chi connectivity index (χ1) is 10.6. The third-order valence-corrected chi connectivity index (χ3v) is 3.77. The quantitative estimate of drug-likeness (QED) is 0.711. The summed E-state index contributed by atoms with van der Waals surface area (Å²) in [4.78, 5) is 19.1. The number of amides is 1. The number of fused-ring (bicyclic) bond motifs is 1. The minimum Gasteiger partial charge on any atom is -0.311 e. The first kappa shape index (κ1) is 14.3. The van der Waals surface area contributed by atoms with Gasteiger partial charge in [-0.3, -0.25) is 9.78 Å². The minimum absolute atomic E-state index is 0.0210. The van der Waals surface area contributed by atoms with Gasteiger partial charge in [0.15, 0.2) is 0 Å². The van der Waals surface area contributed by atoms with Crippen LogP contribution in [-0.2, 0) is 0 Å². The first-order valence-electron chi connectivity index (χ1n) is 7.27. The number of carbonyl (C=O) groups is 1. The third-order valence-electron chi connectivity index (χ3n) is 3.77. The second-order valence-corrected chi connectivity index (χ2v) is 5.53. The molecule has 0 aliphatic heterocycles. The van der Waals surface area contributed by atoms with Crippen molar-refractivity contribution < 1.29 is 4.79 Å². The van der Waals surface area contributed by atoms with Gasteiger partial charge < -0.3 is 4.90 Å². The van der Waals surface area contributed by atoms with Crippen LogP contribution in [0.5, 0.6) is 0 Å². The largest absolute Gasteiger partial charge is 0.311 e. The maximum Gasteiger partial charge on any atom is 0.258 e. The van der Waals surface area contributed by atoms with E-state index in [4.69, 9.17) is 0 Å². The number of aryl methyl sites for hydroxylation is 2. The summed E-state index contributed by atoms with van der Waals surface area (Å²) in [5, 5.41) is 0.887. The maximum absolute atomic E-state index is 12.9. The Labute approximate surface area is 130 Å². The molecule has 110 valence electrons. The number of rotatable bonds is 2. The van der Waals surface area contributed by atoms with Crippen molar-refractivity contribution in [3.8, 4) is 0 Å². The number of para-hydroxylation sites is 1. The van der Waals surface area contributed by atoms with E-state index in [0.717, 1.165) is 27.8 Å². The Morgan fingerprint density at radius 2 is 1.77 bits per heavy atom.